The molecule has 0 aromatic carbocycles. The van der Waals surface area contributed by atoms with E-state index in [4.69, 9.17) is 4.74 Å². The number of ketones is 2. The second-order valence-corrected chi connectivity index (χ2v) is 4.75. The van der Waals surface area contributed by atoms with Crippen LogP contribution in [0.2, 0.25) is 0 Å². The van der Waals surface area contributed by atoms with Crippen molar-refractivity contribution in [3.8, 4) is 0 Å². The molecule has 0 bridgehead atoms. The summed E-state index contributed by atoms with van der Waals surface area (Å²) in [6.07, 6.45) is 2.18. The lowest BCUT2D eigenvalue weighted by molar-refractivity contribution is -0.136. The molecule has 1 aromatic heterocycles. The van der Waals surface area contributed by atoms with Gasteiger partial charge in [0, 0.05) is 20.4 Å². The normalized spacial score (nSPS) is 11.6. The van der Waals surface area contributed by atoms with Gasteiger partial charge in [0.25, 0.3) is 0 Å². The maximum absolute atomic E-state index is 12.1. The summed E-state index contributed by atoms with van der Waals surface area (Å²) in [6.45, 7) is 5.25. The average Bonchev–Trinajstić information content (AvgIpc) is 2.70. The van der Waals surface area contributed by atoms with Crippen LogP contribution in [0.4, 0.5) is 0 Å². The highest BCUT2D eigenvalue weighted by Gasteiger charge is 2.29. The molecule has 5 nitrogen and oxygen atoms in total. The van der Waals surface area contributed by atoms with Gasteiger partial charge in [-0.15, -0.1) is 0 Å². The van der Waals surface area contributed by atoms with E-state index in [9.17, 15) is 9.59 Å². The highest BCUT2D eigenvalue weighted by atomic mass is 16.5. The summed E-state index contributed by atoms with van der Waals surface area (Å²) in [6, 6.07) is 0. The number of methoxy groups -OCH3 is 1. The van der Waals surface area contributed by atoms with E-state index in [1.807, 2.05) is 6.92 Å². The van der Waals surface area contributed by atoms with Crippen LogP contribution in [0.5, 0.6) is 0 Å². The van der Waals surface area contributed by atoms with Gasteiger partial charge in [-0.1, -0.05) is 6.92 Å². The van der Waals surface area contributed by atoms with Crippen LogP contribution in [-0.4, -0.2) is 34.1 Å². The van der Waals surface area contributed by atoms with Crippen LogP contribution in [0.25, 0.3) is 0 Å². The van der Waals surface area contributed by atoms with Gasteiger partial charge in [-0.3, -0.25) is 14.3 Å². The molecule has 0 saturated heterocycles. The number of hydrogen-bond donors (Lipinski definition) is 0. The molecule has 0 unspecified atom stereocenters. The smallest absolute Gasteiger partial charge is 0.173 e. The molecule has 0 aliphatic rings. The van der Waals surface area contributed by atoms with Gasteiger partial charge in [0.1, 0.15) is 5.60 Å². The maximum Gasteiger partial charge on any atom is 0.173 e. The van der Waals surface area contributed by atoms with Crippen molar-refractivity contribution in [2.45, 2.75) is 39.2 Å². The van der Waals surface area contributed by atoms with Crippen LogP contribution in [0.1, 0.15) is 43.2 Å². The molecular formula is C13H20N2O3. The Morgan fingerprint density at radius 1 is 1.44 bits per heavy atom. The Labute approximate surface area is 107 Å². The summed E-state index contributed by atoms with van der Waals surface area (Å²) >= 11 is 0. The Morgan fingerprint density at radius 3 is 2.56 bits per heavy atom. The van der Waals surface area contributed by atoms with E-state index in [0.29, 0.717) is 12.0 Å². The van der Waals surface area contributed by atoms with Crippen LogP contribution < -0.4 is 0 Å². The minimum absolute atomic E-state index is 0.153. The minimum atomic E-state index is -0.926. The first-order valence-corrected chi connectivity index (χ1v) is 5.96. The van der Waals surface area contributed by atoms with Gasteiger partial charge in [0.15, 0.2) is 11.6 Å². The Morgan fingerprint density at radius 2 is 2.06 bits per heavy atom. The fourth-order valence-electron chi connectivity index (χ4n) is 1.60. The van der Waals surface area contributed by atoms with Gasteiger partial charge < -0.3 is 4.74 Å². The van der Waals surface area contributed by atoms with Crippen LogP contribution in [0.3, 0.4) is 0 Å². The van der Waals surface area contributed by atoms with Crippen molar-refractivity contribution in [2.75, 3.05) is 7.11 Å². The lowest BCUT2D eigenvalue weighted by Gasteiger charge is -2.20. The van der Waals surface area contributed by atoms with Crippen molar-refractivity contribution >= 4 is 11.6 Å². The fourth-order valence-corrected chi connectivity index (χ4v) is 1.60. The lowest BCUT2D eigenvalue weighted by Crippen LogP contribution is -2.35. The van der Waals surface area contributed by atoms with E-state index in [1.165, 1.54) is 7.11 Å². The summed E-state index contributed by atoms with van der Waals surface area (Å²) in [5.41, 5.74) is 0.329. The standard InChI is InChI=1S/C13H20N2O3/c1-6-10-9(8-15(4)14-10)11(16)7-12(17)13(2,3)18-5/h8H,6-7H2,1-5H3. The summed E-state index contributed by atoms with van der Waals surface area (Å²) in [7, 11) is 3.22. The van der Waals surface area contributed by atoms with Crippen molar-refractivity contribution < 1.29 is 14.3 Å². The molecule has 0 atom stereocenters. The van der Waals surface area contributed by atoms with Gasteiger partial charge in [-0.05, 0) is 20.3 Å². The number of Topliss-reactive ketones (excluding diaryl/α,β-unsaturated/α-hetero) is 2. The number of carbonyl (C=O) groups is 2. The predicted molar refractivity (Wildman–Crippen MR) is 67.6 cm³/mol. The van der Waals surface area contributed by atoms with Gasteiger partial charge in [-0.25, -0.2) is 0 Å². The van der Waals surface area contributed by atoms with E-state index in [2.05, 4.69) is 5.10 Å². The van der Waals surface area contributed by atoms with Crippen LogP contribution in [0, 0.1) is 0 Å². The van der Waals surface area contributed by atoms with Gasteiger partial charge in [-0.2, -0.15) is 5.10 Å². The van der Waals surface area contributed by atoms with Crippen LogP contribution in [-0.2, 0) is 23.0 Å². The number of aromatic nitrogens is 2. The third-order valence-electron chi connectivity index (χ3n) is 3.04. The molecule has 0 aliphatic heterocycles. The molecule has 0 aliphatic carbocycles. The molecule has 1 heterocycles. The molecule has 1 aromatic rings. The molecular weight excluding hydrogens is 232 g/mol. The van der Waals surface area contributed by atoms with Crippen LogP contribution >= 0.6 is 0 Å². The highest BCUT2D eigenvalue weighted by molar-refractivity contribution is 6.10. The third kappa shape index (κ3) is 3.04. The van der Waals surface area contributed by atoms with Crippen LogP contribution in [0.15, 0.2) is 6.20 Å². The zero-order valence-corrected chi connectivity index (χ0v) is 11.6. The summed E-state index contributed by atoms with van der Waals surface area (Å²) < 4.78 is 6.67. The van der Waals surface area contributed by atoms with Gasteiger partial charge in [0.2, 0.25) is 0 Å². The van der Waals surface area contributed by atoms with Crippen molar-refractivity contribution in [1.29, 1.82) is 0 Å². The monoisotopic (exact) mass is 252 g/mol. The first-order chi connectivity index (χ1) is 8.31. The summed E-state index contributed by atoms with van der Waals surface area (Å²) in [5, 5.41) is 4.19. The molecule has 5 heteroatoms. The molecule has 0 N–H and O–H groups in total. The largest absolute Gasteiger partial charge is 0.371 e. The molecule has 0 amide bonds. The van der Waals surface area contributed by atoms with Crippen molar-refractivity contribution in [2.24, 2.45) is 7.05 Å². The van der Waals surface area contributed by atoms with E-state index in [-0.39, 0.29) is 18.0 Å². The molecule has 0 fully saturated rings. The molecule has 100 valence electrons. The van der Waals surface area contributed by atoms with Gasteiger partial charge in [0.05, 0.1) is 17.7 Å². The first-order valence-electron chi connectivity index (χ1n) is 5.96. The van der Waals surface area contributed by atoms with Crippen molar-refractivity contribution in [3.05, 3.63) is 17.5 Å². The quantitative estimate of drug-likeness (QED) is 0.569. The van der Waals surface area contributed by atoms with E-state index in [0.717, 1.165) is 5.69 Å². The lowest BCUT2D eigenvalue weighted by atomic mass is 9.96. The highest BCUT2D eigenvalue weighted by Crippen LogP contribution is 2.16. The molecule has 18 heavy (non-hydrogen) atoms. The summed E-state index contributed by atoms with van der Waals surface area (Å²) in [5.74, 6) is -0.420. The summed E-state index contributed by atoms with van der Waals surface area (Å²) in [4.78, 5) is 24.0. The van der Waals surface area contributed by atoms with E-state index in [1.54, 1.807) is 31.8 Å². The van der Waals surface area contributed by atoms with Crippen molar-refractivity contribution in [3.63, 3.8) is 0 Å². The minimum Gasteiger partial charge on any atom is -0.371 e. The first kappa shape index (κ1) is 14.6. The molecule has 0 saturated carbocycles. The second kappa shape index (κ2) is 5.44. The van der Waals surface area contributed by atoms with Gasteiger partial charge >= 0.3 is 0 Å². The maximum atomic E-state index is 12.1. The number of carbonyl (C=O) groups excluding carboxylic acids is 2. The topological polar surface area (TPSA) is 61.2 Å². The Kier molecular flexibility index (Phi) is 4.40. The molecule has 0 radical (unpaired) electrons. The zero-order chi connectivity index (χ0) is 13.9. The van der Waals surface area contributed by atoms with Crippen molar-refractivity contribution in [1.82, 2.24) is 9.78 Å². The number of aryl methyl sites for hydroxylation is 2. The Bertz CT molecular complexity index is 461. The number of nitrogens with zero attached hydrogens (tertiary/aromatic N) is 2. The molecule has 0 spiro atoms. The molecule has 1 rings (SSSR count). The fraction of sp³-hybridized carbons (Fsp3) is 0.615. The number of rotatable bonds is 6. The number of hydrogen-bond acceptors (Lipinski definition) is 4. The average molecular weight is 252 g/mol. The van der Waals surface area contributed by atoms with E-state index < -0.39 is 5.60 Å². The SMILES string of the molecule is CCc1nn(C)cc1C(=O)CC(=O)C(C)(C)OC. The van der Waals surface area contributed by atoms with E-state index >= 15 is 0 Å². The Balaban J connectivity index is 2.86. The predicted octanol–water partition coefficient (Wildman–Crippen LogP) is 1.55. The zero-order valence-electron chi connectivity index (χ0n) is 11.6. The second-order valence-electron chi connectivity index (χ2n) is 4.75. The third-order valence-corrected chi connectivity index (χ3v) is 3.04. The Hall–Kier alpha value is -1.49. The number of ether oxygens (including phenoxy) is 1.